The molecule has 0 aliphatic carbocycles. The van der Waals surface area contributed by atoms with Crippen molar-refractivity contribution in [1.82, 2.24) is 10.6 Å². The van der Waals surface area contributed by atoms with Gasteiger partial charge in [-0.25, -0.2) is 13.2 Å². The van der Waals surface area contributed by atoms with Crippen LogP contribution >= 0.6 is 0 Å². The first-order valence-corrected chi connectivity index (χ1v) is 10.4. The van der Waals surface area contributed by atoms with E-state index in [1.54, 1.807) is 0 Å². The van der Waals surface area contributed by atoms with E-state index in [1.807, 2.05) is 30.3 Å². The number of phenols is 1. The quantitative estimate of drug-likeness (QED) is 0.544. The molecule has 0 spiro atoms. The number of rotatable bonds is 6. The minimum absolute atomic E-state index is 0.0189. The molecule has 1 aliphatic heterocycles. The van der Waals surface area contributed by atoms with E-state index in [1.165, 1.54) is 36.4 Å². The molecule has 32 heavy (non-hydrogen) atoms. The van der Waals surface area contributed by atoms with Crippen LogP contribution < -0.4 is 10.6 Å². The molecule has 7 heteroatoms. The van der Waals surface area contributed by atoms with Gasteiger partial charge in [0.15, 0.2) is 0 Å². The smallest absolute Gasteiger partial charge is 0.238 e. The molecule has 1 aliphatic rings. The number of carbonyl (C=O) groups is 1. The molecular formula is C25H23F3N2O2. The van der Waals surface area contributed by atoms with Gasteiger partial charge < -0.3 is 15.7 Å². The molecule has 3 aromatic carbocycles. The lowest BCUT2D eigenvalue weighted by Gasteiger charge is -2.37. The second-order valence-corrected chi connectivity index (χ2v) is 8.06. The molecule has 3 aromatic rings. The second-order valence-electron chi connectivity index (χ2n) is 8.06. The molecule has 0 bridgehead atoms. The number of carbonyl (C=O) groups excluding carboxylic acids is 1. The van der Waals surface area contributed by atoms with Gasteiger partial charge in [0.05, 0.1) is 11.6 Å². The van der Waals surface area contributed by atoms with Crippen LogP contribution in [0.3, 0.4) is 0 Å². The van der Waals surface area contributed by atoms with Crippen molar-refractivity contribution >= 4 is 5.91 Å². The Morgan fingerprint density at radius 2 is 1.72 bits per heavy atom. The zero-order valence-electron chi connectivity index (χ0n) is 17.2. The Hall–Kier alpha value is -3.32. The van der Waals surface area contributed by atoms with Gasteiger partial charge in [-0.15, -0.1) is 0 Å². The van der Waals surface area contributed by atoms with E-state index in [-0.39, 0.29) is 30.7 Å². The number of aromatic hydroxyl groups is 1. The predicted octanol–water partition coefficient (Wildman–Crippen LogP) is 3.97. The molecule has 1 fully saturated rings. The Bertz CT molecular complexity index is 1070. The van der Waals surface area contributed by atoms with Crippen LogP contribution in [-0.2, 0) is 16.8 Å². The molecule has 1 heterocycles. The third-order valence-electron chi connectivity index (χ3n) is 5.75. The summed E-state index contributed by atoms with van der Waals surface area (Å²) >= 11 is 0. The molecule has 0 radical (unpaired) electrons. The van der Waals surface area contributed by atoms with E-state index < -0.39 is 35.3 Å². The van der Waals surface area contributed by atoms with Gasteiger partial charge in [-0.3, -0.25) is 4.79 Å². The number of hydrogen-bond acceptors (Lipinski definition) is 3. The summed E-state index contributed by atoms with van der Waals surface area (Å²) in [5.41, 5.74) is 0.259. The number of benzene rings is 3. The topological polar surface area (TPSA) is 61.4 Å². The molecule has 0 unspecified atom stereocenters. The van der Waals surface area contributed by atoms with Gasteiger partial charge in [0.2, 0.25) is 5.91 Å². The monoisotopic (exact) mass is 440 g/mol. The summed E-state index contributed by atoms with van der Waals surface area (Å²) in [5.74, 6) is -1.92. The van der Waals surface area contributed by atoms with Crippen LogP contribution in [0, 0.1) is 11.6 Å². The van der Waals surface area contributed by atoms with Gasteiger partial charge in [-0.05, 0) is 41.0 Å². The summed E-state index contributed by atoms with van der Waals surface area (Å²) < 4.78 is 41.9. The summed E-state index contributed by atoms with van der Waals surface area (Å²) in [6.07, 6.45) is -0.927. The van der Waals surface area contributed by atoms with Gasteiger partial charge in [-0.2, -0.15) is 0 Å². The van der Waals surface area contributed by atoms with Crippen LogP contribution in [0.15, 0.2) is 72.8 Å². The zero-order chi connectivity index (χ0) is 22.7. The summed E-state index contributed by atoms with van der Waals surface area (Å²) in [4.78, 5) is 13.2. The molecule has 0 saturated carbocycles. The average molecular weight is 440 g/mol. The Morgan fingerprint density at radius 1 is 1.00 bits per heavy atom. The van der Waals surface area contributed by atoms with Crippen LogP contribution in [0.5, 0.6) is 5.75 Å². The highest BCUT2D eigenvalue weighted by Crippen LogP contribution is 2.36. The van der Waals surface area contributed by atoms with E-state index in [9.17, 15) is 23.1 Å². The van der Waals surface area contributed by atoms with Crippen LogP contribution in [0.2, 0.25) is 0 Å². The maximum absolute atomic E-state index is 14.4. The third-order valence-corrected chi connectivity index (χ3v) is 5.75. The van der Waals surface area contributed by atoms with Gasteiger partial charge in [0, 0.05) is 25.5 Å². The van der Waals surface area contributed by atoms with Crippen molar-refractivity contribution in [3.05, 3.63) is 101 Å². The van der Waals surface area contributed by atoms with Crippen molar-refractivity contribution in [3.8, 4) is 5.75 Å². The Balaban J connectivity index is 1.87. The molecule has 166 valence electrons. The Kier molecular flexibility index (Phi) is 6.19. The zero-order valence-corrected chi connectivity index (χ0v) is 17.2. The normalized spacial score (nSPS) is 20.0. The summed E-state index contributed by atoms with van der Waals surface area (Å²) in [7, 11) is 0. The number of halogens is 3. The lowest BCUT2D eigenvalue weighted by atomic mass is 9.77. The van der Waals surface area contributed by atoms with Gasteiger partial charge in [0.25, 0.3) is 0 Å². The van der Waals surface area contributed by atoms with Crippen molar-refractivity contribution in [2.24, 2.45) is 0 Å². The number of nitrogens with one attached hydrogen (secondary N) is 2. The predicted molar refractivity (Wildman–Crippen MR) is 115 cm³/mol. The third kappa shape index (κ3) is 4.62. The molecule has 1 saturated heterocycles. The second kappa shape index (κ2) is 9.04. The van der Waals surface area contributed by atoms with Gasteiger partial charge in [0.1, 0.15) is 23.6 Å². The van der Waals surface area contributed by atoms with Gasteiger partial charge in [-0.1, -0.05) is 42.5 Å². The highest BCUT2D eigenvalue weighted by Gasteiger charge is 2.40. The molecule has 0 aromatic heterocycles. The van der Waals surface area contributed by atoms with Crippen molar-refractivity contribution in [1.29, 1.82) is 0 Å². The maximum atomic E-state index is 14.4. The van der Waals surface area contributed by atoms with Crippen molar-refractivity contribution < 1.29 is 23.1 Å². The van der Waals surface area contributed by atoms with E-state index in [0.29, 0.717) is 5.56 Å². The molecule has 4 nitrogen and oxygen atoms in total. The number of hydrogen-bond donors (Lipinski definition) is 3. The largest absolute Gasteiger partial charge is 0.508 e. The SMILES string of the molecule is O=C(N[C@](Cc1ccccc1)(c1ccc(F)cc1)c1cc(O)cc(F)c1)[C@@H]1C[C@@H](F)CN1. The fraction of sp³-hybridized carbons (Fsp3) is 0.240. The summed E-state index contributed by atoms with van der Waals surface area (Å²) in [5, 5.41) is 16.0. The van der Waals surface area contributed by atoms with E-state index in [4.69, 9.17) is 0 Å². The average Bonchev–Trinajstić information content (AvgIpc) is 3.20. The van der Waals surface area contributed by atoms with Crippen LogP contribution in [0.25, 0.3) is 0 Å². The first kappa shape index (κ1) is 21.9. The number of phenolic OH excluding ortho intramolecular Hbond substituents is 1. The summed E-state index contributed by atoms with van der Waals surface area (Å²) in [6.45, 7) is 0.0705. The fourth-order valence-electron chi connectivity index (χ4n) is 4.21. The Morgan fingerprint density at radius 3 is 2.34 bits per heavy atom. The Labute approximate surface area is 184 Å². The van der Waals surface area contributed by atoms with E-state index in [0.717, 1.165) is 11.6 Å². The molecule has 3 atom stereocenters. The molecule has 1 amide bonds. The number of amides is 1. The van der Waals surface area contributed by atoms with Crippen LogP contribution in [0.1, 0.15) is 23.1 Å². The molecule has 4 rings (SSSR count). The van der Waals surface area contributed by atoms with Crippen LogP contribution in [0.4, 0.5) is 13.2 Å². The standard InChI is InChI=1S/C25H23F3N2O2/c26-19-8-6-17(7-9-19)25(14-16-4-2-1-3-5-16,18-10-20(27)12-22(31)11-18)30-24(32)23-13-21(28)15-29-23/h1-12,21,23,29,31H,13-15H2,(H,30,32)/t21-,23+,25-/m1/s1. The van der Waals surface area contributed by atoms with Gasteiger partial charge >= 0.3 is 0 Å². The molecular weight excluding hydrogens is 417 g/mol. The lowest BCUT2D eigenvalue weighted by molar-refractivity contribution is -0.124. The lowest BCUT2D eigenvalue weighted by Crippen LogP contribution is -2.53. The van der Waals surface area contributed by atoms with E-state index >= 15 is 0 Å². The highest BCUT2D eigenvalue weighted by molar-refractivity contribution is 5.84. The minimum atomic E-state index is -1.35. The van der Waals surface area contributed by atoms with Crippen molar-refractivity contribution in [2.45, 2.75) is 30.6 Å². The van der Waals surface area contributed by atoms with E-state index in [2.05, 4.69) is 10.6 Å². The van der Waals surface area contributed by atoms with Crippen molar-refractivity contribution in [3.63, 3.8) is 0 Å². The fourth-order valence-corrected chi connectivity index (χ4v) is 4.21. The first-order valence-electron chi connectivity index (χ1n) is 10.4. The highest BCUT2D eigenvalue weighted by atomic mass is 19.1. The first-order chi connectivity index (χ1) is 15.4. The van der Waals surface area contributed by atoms with Crippen molar-refractivity contribution in [2.75, 3.05) is 6.54 Å². The molecule has 3 N–H and O–H groups in total. The minimum Gasteiger partial charge on any atom is -0.508 e. The number of alkyl halides is 1. The summed E-state index contributed by atoms with van der Waals surface area (Å²) in [6, 6.07) is 17.6. The van der Waals surface area contributed by atoms with Crippen LogP contribution in [-0.4, -0.2) is 29.8 Å². The maximum Gasteiger partial charge on any atom is 0.238 e.